The normalized spacial score (nSPS) is 10.7. The van der Waals surface area contributed by atoms with Gasteiger partial charge in [-0.25, -0.2) is 5.48 Å². The van der Waals surface area contributed by atoms with Crippen LogP contribution in [0.5, 0.6) is 0 Å². The molecule has 9 heavy (non-hydrogen) atoms. The molecule has 0 aliphatic rings. The maximum absolute atomic E-state index is 11.1. The number of rotatable bonds is 2. The Labute approximate surface area is 56.4 Å². The molecule has 0 bridgehead atoms. The molecule has 0 aromatic carbocycles. The zero-order valence-corrected chi connectivity index (χ0v) is 5.22. The summed E-state index contributed by atoms with van der Waals surface area (Å²) in [5, 5.41) is 7.68. The predicted molar refractivity (Wildman–Crippen MR) is 27.7 cm³/mol. The molecule has 2 nitrogen and oxygen atoms in total. The molecular formula is C3H7ClF3NO. The van der Waals surface area contributed by atoms with Crippen LogP contribution >= 0.6 is 12.4 Å². The number of alkyl halides is 3. The number of nitrogens with one attached hydrogen (secondary N) is 1. The van der Waals surface area contributed by atoms with Crippen molar-refractivity contribution in [2.75, 3.05) is 6.54 Å². The van der Waals surface area contributed by atoms with Crippen molar-refractivity contribution in [3.05, 3.63) is 0 Å². The Kier molecular flexibility index (Phi) is 6.32. The lowest BCUT2D eigenvalue weighted by Gasteiger charge is -2.02. The van der Waals surface area contributed by atoms with E-state index in [1.54, 1.807) is 0 Å². The highest BCUT2D eigenvalue weighted by Gasteiger charge is 2.25. The molecule has 0 heterocycles. The summed E-state index contributed by atoms with van der Waals surface area (Å²) in [6.07, 6.45) is -5.17. The quantitative estimate of drug-likeness (QED) is 0.606. The molecule has 0 aromatic heterocycles. The number of hydroxylamine groups is 1. The third-order valence-electron chi connectivity index (χ3n) is 0.520. The highest BCUT2D eigenvalue weighted by molar-refractivity contribution is 5.85. The van der Waals surface area contributed by atoms with Crippen LogP contribution in [0.1, 0.15) is 6.42 Å². The molecule has 0 spiro atoms. The van der Waals surface area contributed by atoms with Gasteiger partial charge in [-0.3, -0.25) is 0 Å². The number of hydrogen-bond donors (Lipinski definition) is 2. The van der Waals surface area contributed by atoms with E-state index >= 15 is 0 Å². The Bertz CT molecular complexity index is 66.6. The van der Waals surface area contributed by atoms with Crippen LogP contribution in [0.2, 0.25) is 0 Å². The van der Waals surface area contributed by atoms with Crippen LogP contribution in [0, 0.1) is 0 Å². The zero-order valence-electron chi connectivity index (χ0n) is 4.40. The fourth-order valence-electron chi connectivity index (χ4n) is 0.198. The third kappa shape index (κ3) is 11.5. The molecule has 0 saturated heterocycles. The van der Waals surface area contributed by atoms with Gasteiger partial charge in [0.05, 0.1) is 6.42 Å². The van der Waals surface area contributed by atoms with Crippen molar-refractivity contribution in [2.45, 2.75) is 12.6 Å². The molecule has 0 radical (unpaired) electrons. The summed E-state index contributed by atoms with van der Waals surface area (Å²) in [6, 6.07) is 0. The van der Waals surface area contributed by atoms with Crippen molar-refractivity contribution in [2.24, 2.45) is 0 Å². The molecule has 2 N–H and O–H groups in total. The van der Waals surface area contributed by atoms with Gasteiger partial charge in [-0.2, -0.15) is 13.2 Å². The van der Waals surface area contributed by atoms with Crippen molar-refractivity contribution in [3.63, 3.8) is 0 Å². The standard InChI is InChI=1S/C3H6F3NO.ClH/c4-3(5,6)1-2-7-8;/h7-8H,1-2H2;1H. The largest absolute Gasteiger partial charge is 0.390 e. The van der Waals surface area contributed by atoms with E-state index in [0.29, 0.717) is 0 Å². The molecule has 58 valence electrons. The van der Waals surface area contributed by atoms with Crippen LogP contribution in [-0.2, 0) is 0 Å². The maximum Gasteiger partial charge on any atom is 0.390 e. The van der Waals surface area contributed by atoms with Gasteiger partial charge in [0.25, 0.3) is 0 Å². The highest BCUT2D eigenvalue weighted by Crippen LogP contribution is 2.17. The van der Waals surface area contributed by atoms with Crippen molar-refractivity contribution < 1.29 is 18.4 Å². The van der Waals surface area contributed by atoms with Gasteiger partial charge >= 0.3 is 6.18 Å². The Balaban J connectivity index is 0. The van der Waals surface area contributed by atoms with E-state index in [-0.39, 0.29) is 12.4 Å². The van der Waals surface area contributed by atoms with Gasteiger partial charge in [-0.05, 0) is 0 Å². The third-order valence-corrected chi connectivity index (χ3v) is 0.520. The first kappa shape index (κ1) is 11.8. The summed E-state index contributed by atoms with van der Waals surface area (Å²) in [5.41, 5.74) is 1.40. The topological polar surface area (TPSA) is 32.3 Å². The summed E-state index contributed by atoms with van der Waals surface area (Å²) in [4.78, 5) is 0. The van der Waals surface area contributed by atoms with Gasteiger partial charge in [0.1, 0.15) is 0 Å². The molecule has 0 saturated carbocycles. The van der Waals surface area contributed by atoms with E-state index in [0.717, 1.165) is 0 Å². The summed E-state index contributed by atoms with van der Waals surface area (Å²) in [5.74, 6) is 0. The summed E-state index contributed by atoms with van der Waals surface area (Å²) >= 11 is 0. The van der Waals surface area contributed by atoms with Gasteiger partial charge in [0.15, 0.2) is 0 Å². The second kappa shape index (κ2) is 4.84. The van der Waals surface area contributed by atoms with Crippen molar-refractivity contribution in [1.29, 1.82) is 0 Å². The number of halogens is 4. The highest BCUT2D eigenvalue weighted by atomic mass is 35.5. The van der Waals surface area contributed by atoms with Gasteiger partial charge < -0.3 is 5.21 Å². The van der Waals surface area contributed by atoms with E-state index < -0.39 is 19.1 Å². The Hall–Kier alpha value is -0.0000000000000000555. The maximum atomic E-state index is 11.1. The van der Waals surface area contributed by atoms with Crippen molar-refractivity contribution in [1.82, 2.24) is 5.48 Å². The average molecular weight is 166 g/mol. The van der Waals surface area contributed by atoms with Crippen molar-refractivity contribution >= 4 is 12.4 Å². The number of hydrogen-bond acceptors (Lipinski definition) is 2. The minimum atomic E-state index is -4.17. The van der Waals surface area contributed by atoms with Gasteiger partial charge in [-0.1, -0.05) is 0 Å². The van der Waals surface area contributed by atoms with E-state index in [2.05, 4.69) is 0 Å². The molecule has 0 aliphatic carbocycles. The average Bonchev–Trinajstić information content (AvgIpc) is 1.59. The first-order valence-electron chi connectivity index (χ1n) is 2.00. The van der Waals surface area contributed by atoms with E-state index in [1.165, 1.54) is 5.48 Å². The van der Waals surface area contributed by atoms with Crippen LogP contribution < -0.4 is 5.48 Å². The molecule has 0 amide bonds. The monoisotopic (exact) mass is 165 g/mol. The molecule has 6 heteroatoms. The Morgan fingerprint density at radius 1 is 1.33 bits per heavy atom. The van der Waals surface area contributed by atoms with E-state index in [1.807, 2.05) is 0 Å². The van der Waals surface area contributed by atoms with Crippen LogP contribution in [0.15, 0.2) is 0 Å². The smallest absolute Gasteiger partial charge is 0.317 e. The fraction of sp³-hybridized carbons (Fsp3) is 1.00. The van der Waals surface area contributed by atoms with Gasteiger partial charge in [-0.15, -0.1) is 12.4 Å². The van der Waals surface area contributed by atoms with E-state index in [9.17, 15) is 13.2 Å². The second-order valence-electron chi connectivity index (χ2n) is 1.27. The van der Waals surface area contributed by atoms with Gasteiger partial charge in [0.2, 0.25) is 0 Å². The van der Waals surface area contributed by atoms with E-state index in [4.69, 9.17) is 5.21 Å². The van der Waals surface area contributed by atoms with Crippen LogP contribution in [0.4, 0.5) is 13.2 Å². The molecule has 0 aliphatic heterocycles. The predicted octanol–water partition coefficient (Wildman–Crippen LogP) is 1.34. The molecular weight excluding hydrogens is 158 g/mol. The Morgan fingerprint density at radius 2 is 1.78 bits per heavy atom. The fourth-order valence-corrected chi connectivity index (χ4v) is 0.198. The summed E-state index contributed by atoms with van der Waals surface area (Å²) in [7, 11) is 0. The molecule has 0 aromatic rings. The lowest BCUT2D eigenvalue weighted by Crippen LogP contribution is -2.18. The van der Waals surface area contributed by atoms with Crippen molar-refractivity contribution in [3.8, 4) is 0 Å². The molecule has 0 atom stereocenters. The van der Waals surface area contributed by atoms with Crippen LogP contribution in [0.25, 0.3) is 0 Å². The molecule has 0 rings (SSSR count). The minimum absolute atomic E-state index is 0. The Morgan fingerprint density at radius 3 is 1.89 bits per heavy atom. The molecule has 0 fully saturated rings. The zero-order chi connectivity index (χ0) is 6.62. The SMILES string of the molecule is Cl.ONCCC(F)(F)F. The summed E-state index contributed by atoms with van der Waals surface area (Å²) < 4.78 is 33.3. The summed E-state index contributed by atoms with van der Waals surface area (Å²) in [6.45, 7) is -0.441. The van der Waals surface area contributed by atoms with Gasteiger partial charge in [0, 0.05) is 6.54 Å². The van der Waals surface area contributed by atoms with Crippen LogP contribution in [0.3, 0.4) is 0 Å². The molecule has 0 unspecified atom stereocenters. The first-order chi connectivity index (χ1) is 3.56. The minimum Gasteiger partial charge on any atom is -0.317 e. The first-order valence-corrected chi connectivity index (χ1v) is 2.00. The lowest BCUT2D eigenvalue weighted by atomic mass is 10.4. The van der Waals surface area contributed by atoms with Crippen LogP contribution in [-0.4, -0.2) is 17.9 Å². The second-order valence-corrected chi connectivity index (χ2v) is 1.27. The lowest BCUT2D eigenvalue weighted by molar-refractivity contribution is -0.136.